The van der Waals surface area contributed by atoms with Gasteiger partial charge in [0.05, 0.1) is 5.69 Å². The Hall–Kier alpha value is -1.16. The van der Waals surface area contributed by atoms with Crippen LogP contribution in [-0.2, 0) is 0 Å². The summed E-state index contributed by atoms with van der Waals surface area (Å²) >= 11 is 4.90. The topological polar surface area (TPSA) is 29.3 Å². The third-order valence-electron chi connectivity index (χ3n) is 4.53. The Kier molecular flexibility index (Phi) is 4.87. The summed E-state index contributed by atoms with van der Waals surface area (Å²) in [5.74, 6) is 0.468. The maximum atomic E-state index is 14.3. The van der Waals surface area contributed by atoms with Gasteiger partial charge in [0.25, 0.3) is 0 Å². The van der Waals surface area contributed by atoms with E-state index in [2.05, 4.69) is 25.7 Å². The molecule has 21 heavy (non-hydrogen) atoms. The molecule has 1 unspecified atom stereocenters. The predicted octanol–water partition coefficient (Wildman–Crippen LogP) is 4.11. The summed E-state index contributed by atoms with van der Waals surface area (Å²) in [6.45, 7) is 8.71. The van der Waals surface area contributed by atoms with Gasteiger partial charge in [-0.05, 0) is 48.8 Å². The molecule has 1 fully saturated rings. The molecule has 2 nitrogen and oxygen atoms in total. The van der Waals surface area contributed by atoms with Gasteiger partial charge in [0.1, 0.15) is 10.8 Å². The van der Waals surface area contributed by atoms with Gasteiger partial charge >= 0.3 is 0 Å². The Labute approximate surface area is 132 Å². The molecule has 116 valence electrons. The number of benzene rings is 1. The summed E-state index contributed by atoms with van der Waals surface area (Å²) < 4.78 is 14.3. The third kappa shape index (κ3) is 3.94. The van der Waals surface area contributed by atoms with E-state index < -0.39 is 0 Å². The molecule has 0 spiro atoms. The molecule has 2 rings (SSSR count). The minimum atomic E-state index is -0.227. The number of anilines is 1. The van der Waals surface area contributed by atoms with Gasteiger partial charge in [0.2, 0.25) is 0 Å². The monoisotopic (exact) mass is 308 g/mol. The quantitative estimate of drug-likeness (QED) is 0.834. The lowest BCUT2D eigenvalue weighted by atomic mass is 9.77. The molecule has 0 saturated carbocycles. The Morgan fingerprint density at radius 1 is 1.29 bits per heavy atom. The largest absolute Gasteiger partial charge is 0.389 e. The lowest BCUT2D eigenvalue weighted by Crippen LogP contribution is -2.27. The van der Waals surface area contributed by atoms with Gasteiger partial charge in [-0.1, -0.05) is 33.0 Å². The van der Waals surface area contributed by atoms with Crippen LogP contribution in [0.15, 0.2) is 18.2 Å². The fraction of sp³-hybridized carbons (Fsp3) is 0.588. The number of halogens is 1. The van der Waals surface area contributed by atoms with Crippen molar-refractivity contribution in [1.29, 1.82) is 0 Å². The van der Waals surface area contributed by atoms with Crippen molar-refractivity contribution in [2.75, 3.05) is 18.0 Å². The Morgan fingerprint density at radius 3 is 2.57 bits per heavy atom. The van der Waals surface area contributed by atoms with Crippen LogP contribution in [0.4, 0.5) is 10.1 Å². The van der Waals surface area contributed by atoms with Crippen LogP contribution in [0.5, 0.6) is 0 Å². The van der Waals surface area contributed by atoms with Crippen LogP contribution in [0, 0.1) is 17.2 Å². The number of hydrogen-bond donors (Lipinski definition) is 1. The zero-order valence-electron chi connectivity index (χ0n) is 13.2. The summed E-state index contributed by atoms with van der Waals surface area (Å²) in [6.07, 6.45) is 3.44. The molecular formula is C17H25FN2S. The summed E-state index contributed by atoms with van der Waals surface area (Å²) in [5.41, 5.74) is 7.14. The molecule has 1 saturated heterocycles. The summed E-state index contributed by atoms with van der Waals surface area (Å²) in [6, 6.07) is 5.07. The molecule has 1 aliphatic heterocycles. The molecule has 0 aliphatic carbocycles. The van der Waals surface area contributed by atoms with Crippen molar-refractivity contribution in [3.05, 3.63) is 29.6 Å². The molecule has 1 aliphatic rings. The number of hydrogen-bond acceptors (Lipinski definition) is 2. The van der Waals surface area contributed by atoms with E-state index in [1.54, 1.807) is 6.07 Å². The highest BCUT2D eigenvalue weighted by Crippen LogP contribution is 2.35. The first kappa shape index (κ1) is 16.2. The van der Waals surface area contributed by atoms with Gasteiger partial charge in [0, 0.05) is 18.7 Å². The molecule has 1 aromatic carbocycles. The zero-order valence-corrected chi connectivity index (χ0v) is 14.0. The average Bonchev–Trinajstić information content (AvgIpc) is 2.63. The maximum Gasteiger partial charge on any atom is 0.147 e. The fourth-order valence-corrected chi connectivity index (χ4v) is 3.25. The van der Waals surface area contributed by atoms with E-state index in [-0.39, 0.29) is 10.8 Å². The van der Waals surface area contributed by atoms with Crippen molar-refractivity contribution in [3.63, 3.8) is 0 Å². The first-order valence-electron chi connectivity index (χ1n) is 7.63. The molecule has 0 amide bonds. The molecule has 0 aromatic heterocycles. The lowest BCUT2D eigenvalue weighted by Gasteiger charge is -2.30. The van der Waals surface area contributed by atoms with Gasteiger partial charge < -0.3 is 10.6 Å². The number of thiocarbonyl (C=S) groups is 1. The van der Waals surface area contributed by atoms with Gasteiger partial charge in [-0.3, -0.25) is 0 Å². The molecule has 1 atom stereocenters. The van der Waals surface area contributed by atoms with Crippen LogP contribution >= 0.6 is 12.2 Å². The van der Waals surface area contributed by atoms with Crippen LogP contribution in [0.2, 0.25) is 0 Å². The summed E-state index contributed by atoms with van der Waals surface area (Å²) in [7, 11) is 0. The Balaban J connectivity index is 2.14. The van der Waals surface area contributed by atoms with Gasteiger partial charge in [-0.2, -0.15) is 0 Å². The van der Waals surface area contributed by atoms with E-state index >= 15 is 0 Å². The van der Waals surface area contributed by atoms with Crippen molar-refractivity contribution in [1.82, 2.24) is 0 Å². The number of nitrogens with zero attached hydrogens (tertiary/aromatic N) is 1. The summed E-state index contributed by atoms with van der Waals surface area (Å²) in [5, 5.41) is 0. The van der Waals surface area contributed by atoms with Crippen molar-refractivity contribution < 1.29 is 4.39 Å². The molecular weight excluding hydrogens is 283 g/mol. The minimum absolute atomic E-state index is 0.227. The minimum Gasteiger partial charge on any atom is -0.389 e. The molecule has 2 N–H and O–H groups in total. The van der Waals surface area contributed by atoms with Crippen LogP contribution < -0.4 is 10.6 Å². The Bertz CT molecular complexity index is 522. The van der Waals surface area contributed by atoms with Gasteiger partial charge in [0.15, 0.2) is 0 Å². The van der Waals surface area contributed by atoms with Crippen LogP contribution in [0.3, 0.4) is 0 Å². The van der Waals surface area contributed by atoms with Crippen LogP contribution in [0.25, 0.3) is 0 Å². The van der Waals surface area contributed by atoms with E-state index in [4.69, 9.17) is 18.0 Å². The highest BCUT2D eigenvalue weighted by molar-refractivity contribution is 7.80. The second-order valence-corrected chi connectivity index (χ2v) is 7.45. The molecule has 0 radical (unpaired) electrons. The first-order chi connectivity index (χ1) is 9.79. The lowest BCUT2D eigenvalue weighted by molar-refractivity contribution is 0.220. The molecule has 4 heteroatoms. The Morgan fingerprint density at radius 2 is 2.00 bits per heavy atom. The zero-order chi connectivity index (χ0) is 15.6. The van der Waals surface area contributed by atoms with E-state index in [1.807, 2.05) is 6.07 Å². The van der Waals surface area contributed by atoms with Crippen LogP contribution in [0.1, 0.15) is 45.6 Å². The van der Waals surface area contributed by atoms with Gasteiger partial charge in [-0.15, -0.1) is 0 Å². The van der Waals surface area contributed by atoms with Gasteiger partial charge in [-0.25, -0.2) is 4.39 Å². The average molecular weight is 308 g/mol. The molecule has 1 heterocycles. The molecule has 0 bridgehead atoms. The van der Waals surface area contributed by atoms with Crippen molar-refractivity contribution in [3.8, 4) is 0 Å². The second-order valence-electron chi connectivity index (χ2n) is 7.01. The van der Waals surface area contributed by atoms with Crippen molar-refractivity contribution in [2.45, 2.75) is 40.0 Å². The van der Waals surface area contributed by atoms with Crippen LogP contribution in [-0.4, -0.2) is 18.1 Å². The number of rotatable bonds is 2. The second kappa shape index (κ2) is 6.30. The standard InChI is InChI=1S/C17H25FN2S/c1-17(2,3)13-5-4-9-20(10-8-13)15-7-6-12(16(19)21)11-14(15)18/h6-7,11,13H,4-5,8-10H2,1-3H3,(H2,19,21). The van der Waals surface area contributed by atoms with E-state index in [0.29, 0.717) is 22.6 Å². The summed E-state index contributed by atoms with van der Waals surface area (Å²) in [4.78, 5) is 2.40. The van der Waals surface area contributed by atoms with E-state index in [9.17, 15) is 4.39 Å². The predicted molar refractivity (Wildman–Crippen MR) is 91.3 cm³/mol. The van der Waals surface area contributed by atoms with Crippen molar-refractivity contribution in [2.24, 2.45) is 17.1 Å². The van der Waals surface area contributed by atoms with E-state index in [0.717, 1.165) is 25.9 Å². The van der Waals surface area contributed by atoms with E-state index in [1.165, 1.54) is 12.5 Å². The first-order valence-corrected chi connectivity index (χ1v) is 8.04. The highest BCUT2D eigenvalue weighted by Gasteiger charge is 2.27. The smallest absolute Gasteiger partial charge is 0.147 e. The number of nitrogens with two attached hydrogens (primary N) is 1. The maximum absolute atomic E-state index is 14.3. The van der Waals surface area contributed by atoms with Crippen molar-refractivity contribution >= 4 is 22.9 Å². The highest BCUT2D eigenvalue weighted by atomic mass is 32.1. The molecule has 1 aromatic rings. The third-order valence-corrected chi connectivity index (χ3v) is 4.76. The fourth-order valence-electron chi connectivity index (χ4n) is 3.12. The SMILES string of the molecule is CC(C)(C)C1CCCN(c2ccc(C(N)=S)cc2F)CC1. The normalized spacial score (nSPS) is 20.2.